The molecule has 39 heavy (non-hydrogen) atoms. The van der Waals surface area contributed by atoms with E-state index in [2.05, 4.69) is 0 Å². The lowest BCUT2D eigenvalue weighted by molar-refractivity contribution is -0.132. The summed E-state index contributed by atoms with van der Waals surface area (Å²) in [6, 6.07) is 15.8. The van der Waals surface area contributed by atoms with Gasteiger partial charge in [-0.05, 0) is 86.3 Å². The summed E-state index contributed by atoms with van der Waals surface area (Å²) >= 11 is 1.36. The molecule has 0 saturated carbocycles. The lowest BCUT2D eigenvalue weighted by atomic mass is 9.94. The number of Topliss-reactive ketones (excluding diaryl/α,β-unsaturated/α-hetero) is 1. The van der Waals surface area contributed by atoms with Crippen LogP contribution in [0.1, 0.15) is 47.7 Å². The maximum Gasteiger partial charge on any atom is 0.301 e. The highest BCUT2D eigenvalue weighted by Crippen LogP contribution is 2.45. The fraction of sp³-hybridized carbons (Fsp3) is 0.258. The lowest BCUT2D eigenvalue weighted by Crippen LogP contribution is -2.29. The Morgan fingerprint density at radius 3 is 2.64 bits per heavy atom. The number of carbonyl (C=O) groups is 2. The first-order chi connectivity index (χ1) is 18.7. The highest BCUT2D eigenvalue weighted by Gasteiger charge is 2.48. The maximum absolute atomic E-state index is 13.6. The van der Waals surface area contributed by atoms with E-state index < -0.39 is 17.7 Å². The topological polar surface area (TPSA) is 89.0 Å². The van der Waals surface area contributed by atoms with Crippen molar-refractivity contribution < 1.29 is 24.2 Å². The molecule has 4 aromatic rings. The number of carbonyl (C=O) groups excluding carboxylic acids is 2. The molecule has 3 aromatic carbocycles. The van der Waals surface area contributed by atoms with E-state index in [9.17, 15) is 14.7 Å². The van der Waals surface area contributed by atoms with E-state index in [1.54, 1.807) is 24.3 Å². The van der Waals surface area contributed by atoms with Gasteiger partial charge in [0.15, 0.2) is 5.13 Å². The van der Waals surface area contributed by atoms with Crippen LogP contribution in [0.4, 0.5) is 5.13 Å². The Kier molecular flexibility index (Phi) is 6.14. The van der Waals surface area contributed by atoms with E-state index in [0.29, 0.717) is 35.0 Å². The van der Waals surface area contributed by atoms with Crippen LogP contribution in [-0.2, 0) is 16.0 Å². The number of amides is 1. The largest absolute Gasteiger partial charge is 0.507 e. The molecule has 6 rings (SSSR count). The van der Waals surface area contributed by atoms with Crippen LogP contribution >= 0.6 is 11.3 Å². The molecule has 7 nitrogen and oxygen atoms in total. The molecule has 1 N–H and O–H groups in total. The maximum atomic E-state index is 13.6. The van der Waals surface area contributed by atoms with Crippen LogP contribution in [0.2, 0.25) is 0 Å². The van der Waals surface area contributed by atoms with Crippen LogP contribution in [0.15, 0.2) is 60.2 Å². The van der Waals surface area contributed by atoms with Gasteiger partial charge in [-0.25, -0.2) is 4.98 Å². The zero-order valence-electron chi connectivity index (χ0n) is 22.1. The van der Waals surface area contributed by atoms with Crippen LogP contribution in [0.3, 0.4) is 0 Å². The molecule has 2 atom stereocenters. The van der Waals surface area contributed by atoms with Gasteiger partial charge in [0, 0.05) is 12.0 Å². The number of hydrogen-bond donors (Lipinski definition) is 1. The Morgan fingerprint density at radius 2 is 1.90 bits per heavy atom. The molecular weight excluding hydrogens is 512 g/mol. The molecule has 2 aliphatic rings. The van der Waals surface area contributed by atoms with Crippen molar-refractivity contribution in [3.05, 3.63) is 88.0 Å². The monoisotopic (exact) mass is 540 g/mol. The normalized spacial score (nSPS) is 19.9. The molecule has 0 aliphatic carbocycles. The quantitative estimate of drug-likeness (QED) is 0.183. The van der Waals surface area contributed by atoms with E-state index in [1.165, 1.54) is 16.2 Å². The molecule has 0 bridgehead atoms. The summed E-state index contributed by atoms with van der Waals surface area (Å²) < 4.78 is 12.3. The number of aryl methyl sites for hydroxylation is 2. The SMILES string of the molecule is CCOc1ccc(C2/C(=C(/O)c3ccc4c(c3)CC(C)O4)C(=O)C(=O)N2c2nc3c(C)cc(C)cc3s2)cc1. The van der Waals surface area contributed by atoms with Crippen LogP contribution in [0.25, 0.3) is 16.0 Å². The highest BCUT2D eigenvalue weighted by molar-refractivity contribution is 7.22. The van der Waals surface area contributed by atoms with Crippen molar-refractivity contribution in [2.75, 3.05) is 11.5 Å². The molecule has 1 aromatic heterocycles. The molecule has 1 amide bonds. The summed E-state index contributed by atoms with van der Waals surface area (Å²) in [5, 5.41) is 12.0. The first-order valence-electron chi connectivity index (χ1n) is 13.0. The minimum absolute atomic E-state index is 0.0308. The number of thiazole rings is 1. The molecule has 2 aliphatic heterocycles. The average molecular weight is 541 g/mol. The number of aliphatic hydroxyl groups is 1. The summed E-state index contributed by atoms with van der Waals surface area (Å²) in [4.78, 5) is 33.4. The second-order valence-electron chi connectivity index (χ2n) is 10.1. The predicted molar refractivity (Wildman–Crippen MR) is 152 cm³/mol. The van der Waals surface area contributed by atoms with E-state index in [1.807, 2.05) is 58.0 Å². The zero-order valence-corrected chi connectivity index (χ0v) is 23.0. The van der Waals surface area contributed by atoms with Crippen LogP contribution in [-0.4, -0.2) is 34.5 Å². The van der Waals surface area contributed by atoms with E-state index in [4.69, 9.17) is 14.5 Å². The third-order valence-corrected chi connectivity index (χ3v) is 8.15. The summed E-state index contributed by atoms with van der Waals surface area (Å²) in [5.74, 6) is -0.240. The highest BCUT2D eigenvalue weighted by atomic mass is 32.1. The Bertz CT molecular complexity index is 1670. The Balaban J connectivity index is 1.53. The van der Waals surface area contributed by atoms with Gasteiger partial charge in [-0.1, -0.05) is 29.5 Å². The second-order valence-corrected chi connectivity index (χ2v) is 11.1. The summed E-state index contributed by atoms with van der Waals surface area (Å²) in [7, 11) is 0. The molecule has 2 unspecified atom stereocenters. The van der Waals surface area contributed by atoms with Gasteiger partial charge in [-0.15, -0.1) is 0 Å². The van der Waals surface area contributed by atoms with Gasteiger partial charge in [-0.2, -0.15) is 0 Å². The number of ketones is 1. The van der Waals surface area contributed by atoms with Crippen LogP contribution in [0.5, 0.6) is 11.5 Å². The first kappa shape index (κ1) is 25.1. The minimum Gasteiger partial charge on any atom is -0.507 e. The lowest BCUT2D eigenvalue weighted by Gasteiger charge is -2.23. The Morgan fingerprint density at radius 1 is 1.13 bits per heavy atom. The minimum atomic E-state index is -0.855. The average Bonchev–Trinajstić information content (AvgIpc) is 3.57. The fourth-order valence-corrected chi connectivity index (χ4v) is 6.61. The second kappa shape index (κ2) is 9.54. The molecule has 8 heteroatoms. The third kappa shape index (κ3) is 4.25. The molecule has 0 radical (unpaired) electrons. The number of anilines is 1. The number of ether oxygens (including phenoxy) is 2. The summed E-state index contributed by atoms with van der Waals surface area (Å²) in [6.07, 6.45) is 0.746. The zero-order chi connectivity index (χ0) is 27.4. The molecule has 0 spiro atoms. The van der Waals surface area contributed by atoms with Gasteiger partial charge in [-0.3, -0.25) is 14.5 Å². The summed E-state index contributed by atoms with van der Waals surface area (Å²) in [5.41, 5.74) is 5.01. The molecular formula is C31H28N2O5S. The van der Waals surface area contributed by atoms with E-state index in [0.717, 1.165) is 32.7 Å². The molecule has 1 fully saturated rings. The number of benzene rings is 3. The number of aromatic nitrogens is 1. The van der Waals surface area contributed by atoms with Gasteiger partial charge in [0.05, 0.1) is 28.4 Å². The van der Waals surface area contributed by atoms with Gasteiger partial charge in [0.1, 0.15) is 23.4 Å². The van der Waals surface area contributed by atoms with E-state index in [-0.39, 0.29) is 17.4 Å². The number of fused-ring (bicyclic) bond motifs is 2. The van der Waals surface area contributed by atoms with Crippen molar-refractivity contribution in [1.29, 1.82) is 0 Å². The van der Waals surface area contributed by atoms with Gasteiger partial charge in [0.2, 0.25) is 0 Å². The number of aliphatic hydroxyl groups excluding tert-OH is 1. The van der Waals surface area contributed by atoms with Crippen molar-refractivity contribution in [3.8, 4) is 11.5 Å². The third-order valence-electron chi connectivity index (χ3n) is 7.15. The summed E-state index contributed by atoms with van der Waals surface area (Å²) in [6.45, 7) is 8.40. The van der Waals surface area contributed by atoms with Crippen LogP contribution < -0.4 is 14.4 Å². The fourth-order valence-electron chi connectivity index (χ4n) is 5.45. The molecule has 198 valence electrons. The van der Waals surface area contributed by atoms with Crippen molar-refractivity contribution in [3.63, 3.8) is 0 Å². The standard InChI is InChI=1S/C31H28N2O5S/c1-5-37-22-9-6-19(7-10-22)27-25(28(34)20-8-11-23-21(15-20)14-18(4)38-23)29(35)30(36)33(27)31-32-26-17(3)12-16(2)13-24(26)39-31/h6-13,15,18,27,34H,5,14H2,1-4H3/b28-25-. The Hall–Kier alpha value is -4.17. The van der Waals surface area contributed by atoms with Gasteiger partial charge >= 0.3 is 5.91 Å². The van der Waals surface area contributed by atoms with Crippen molar-refractivity contribution in [2.24, 2.45) is 0 Å². The number of nitrogens with zero attached hydrogens (tertiary/aromatic N) is 2. The van der Waals surface area contributed by atoms with Crippen molar-refractivity contribution in [1.82, 2.24) is 4.98 Å². The number of rotatable bonds is 5. The molecule has 3 heterocycles. The number of hydrogen-bond acceptors (Lipinski definition) is 7. The first-order valence-corrected chi connectivity index (χ1v) is 13.8. The van der Waals surface area contributed by atoms with Gasteiger partial charge in [0.25, 0.3) is 5.78 Å². The van der Waals surface area contributed by atoms with Gasteiger partial charge < -0.3 is 14.6 Å². The predicted octanol–water partition coefficient (Wildman–Crippen LogP) is 6.26. The van der Waals surface area contributed by atoms with Crippen LogP contribution in [0, 0.1) is 13.8 Å². The molecule has 1 saturated heterocycles. The smallest absolute Gasteiger partial charge is 0.301 e. The van der Waals surface area contributed by atoms with Crippen molar-refractivity contribution in [2.45, 2.75) is 46.3 Å². The van der Waals surface area contributed by atoms with Crippen molar-refractivity contribution >= 4 is 44.1 Å². The van der Waals surface area contributed by atoms with E-state index >= 15 is 0 Å². The Labute approximate surface area is 230 Å².